The highest BCUT2D eigenvalue weighted by atomic mass is 14.8. The quantitative estimate of drug-likeness (QED) is 0.251. The molecule has 288 valence electrons. The first-order valence-corrected chi connectivity index (χ1v) is 21.4. The second-order valence-corrected chi connectivity index (χ2v) is 22.0. The summed E-state index contributed by atoms with van der Waals surface area (Å²) >= 11 is 0. The number of fused-ring (bicyclic) bond motifs is 6. The Hall–Kier alpha value is -3.64. The van der Waals surface area contributed by atoms with Crippen molar-refractivity contribution in [3.05, 3.63) is 159 Å². The molecule has 55 heavy (non-hydrogen) atoms. The van der Waals surface area contributed by atoms with Crippen molar-refractivity contribution in [3.63, 3.8) is 0 Å². The Morgan fingerprint density at radius 3 is 1.67 bits per heavy atom. The molecule has 0 heterocycles. The smallest absolute Gasteiger partial charge is 0.0513 e. The van der Waals surface area contributed by atoms with Gasteiger partial charge in [0.2, 0.25) is 0 Å². The maximum atomic E-state index is 2.77. The average Bonchev–Trinajstić information content (AvgIpc) is 3.80. The van der Waals surface area contributed by atoms with Crippen LogP contribution in [0.3, 0.4) is 0 Å². The van der Waals surface area contributed by atoms with Crippen molar-refractivity contribution in [1.82, 2.24) is 0 Å². The highest BCUT2D eigenvalue weighted by Crippen LogP contribution is 2.83. The molecule has 0 bridgehead atoms. The lowest BCUT2D eigenvalue weighted by atomic mass is 9.25. The summed E-state index contributed by atoms with van der Waals surface area (Å²) in [5.41, 5.74) is 15.6. The third kappa shape index (κ3) is 4.70. The Morgan fingerprint density at radius 2 is 1.15 bits per heavy atom. The summed E-state index contributed by atoms with van der Waals surface area (Å²) in [6.07, 6.45) is 16.6. The summed E-state index contributed by atoms with van der Waals surface area (Å²) in [4.78, 5) is 0. The third-order valence-electron chi connectivity index (χ3n) is 17.6. The molecule has 0 amide bonds. The van der Waals surface area contributed by atoms with Gasteiger partial charge in [-0.15, -0.1) is 0 Å². The van der Waals surface area contributed by atoms with Crippen LogP contribution in [0.15, 0.2) is 125 Å². The maximum absolute atomic E-state index is 2.77. The molecule has 5 aliphatic rings. The van der Waals surface area contributed by atoms with Crippen LogP contribution < -0.4 is 0 Å². The monoisotopic (exact) mass is 729 g/mol. The second-order valence-electron chi connectivity index (χ2n) is 22.0. The molecule has 5 aliphatic carbocycles. The van der Waals surface area contributed by atoms with Crippen LogP contribution in [-0.2, 0) is 22.7 Å². The molecular weight excluding hydrogens is 661 g/mol. The summed E-state index contributed by atoms with van der Waals surface area (Å²) in [5, 5.41) is 0. The van der Waals surface area contributed by atoms with Gasteiger partial charge in [-0.3, -0.25) is 0 Å². The summed E-state index contributed by atoms with van der Waals surface area (Å²) < 4.78 is 0. The van der Waals surface area contributed by atoms with Crippen LogP contribution in [-0.4, -0.2) is 0 Å². The largest absolute Gasteiger partial charge is 0.0842 e. The summed E-state index contributed by atoms with van der Waals surface area (Å²) in [6, 6.07) is 29.4. The fourth-order valence-electron chi connectivity index (χ4n) is 13.2. The lowest BCUT2D eigenvalue weighted by Crippen LogP contribution is -2.72. The molecule has 8 rings (SSSR count). The van der Waals surface area contributed by atoms with E-state index in [4.69, 9.17) is 0 Å². The predicted molar refractivity (Wildman–Crippen MR) is 236 cm³/mol. The van der Waals surface area contributed by atoms with Crippen molar-refractivity contribution in [1.29, 1.82) is 0 Å². The van der Waals surface area contributed by atoms with Gasteiger partial charge in [-0.1, -0.05) is 211 Å². The first-order valence-electron chi connectivity index (χ1n) is 21.4. The molecule has 0 spiro atoms. The zero-order valence-corrected chi connectivity index (χ0v) is 36.7. The standard InChI is InChI=1S/C55H68/c1-48(2,3)37-27-31-40(32-28-37)55(39-22-16-17-23-39,41-33-29-38(30-34-41)49(4,5)6)54(14)47-44-35-36-21-15-18-24-42(36)46(44)43-25-19-20-26-45(43)53(47,13)51(9,10)50(7,8)52(54,11)12/h15-19,21-22,24-25,27-34,45H,20,23,26,35H2,1-14H3. The van der Waals surface area contributed by atoms with Crippen molar-refractivity contribution < 1.29 is 0 Å². The normalized spacial score (nSPS) is 27.7. The van der Waals surface area contributed by atoms with E-state index >= 15 is 0 Å². The van der Waals surface area contributed by atoms with E-state index in [2.05, 4.69) is 200 Å². The highest BCUT2D eigenvalue weighted by Gasteiger charge is 2.77. The van der Waals surface area contributed by atoms with E-state index in [1.807, 2.05) is 0 Å². The van der Waals surface area contributed by atoms with Gasteiger partial charge in [0.15, 0.2) is 0 Å². The number of rotatable bonds is 4. The molecule has 0 saturated heterocycles. The molecule has 0 nitrogen and oxygen atoms in total. The fraction of sp³-hybridized carbons (Fsp3) is 0.491. The van der Waals surface area contributed by atoms with E-state index in [0.29, 0.717) is 5.92 Å². The molecule has 0 radical (unpaired) electrons. The van der Waals surface area contributed by atoms with Gasteiger partial charge in [0, 0.05) is 10.8 Å². The van der Waals surface area contributed by atoms with Crippen molar-refractivity contribution in [2.75, 3.05) is 0 Å². The van der Waals surface area contributed by atoms with Crippen LogP contribution in [0.2, 0.25) is 0 Å². The van der Waals surface area contributed by atoms with Gasteiger partial charge in [0.25, 0.3) is 0 Å². The van der Waals surface area contributed by atoms with Crippen molar-refractivity contribution in [3.8, 4) is 0 Å². The van der Waals surface area contributed by atoms with Crippen LogP contribution in [0.25, 0.3) is 5.57 Å². The number of allylic oxidation sites excluding steroid dienone is 10. The molecule has 1 fully saturated rings. The minimum Gasteiger partial charge on any atom is -0.0842 e. The number of hydrogen-bond acceptors (Lipinski definition) is 0. The first kappa shape index (κ1) is 38.2. The number of benzene rings is 3. The Bertz CT molecular complexity index is 2140. The van der Waals surface area contributed by atoms with Gasteiger partial charge in [0.05, 0.1) is 5.41 Å². The first-order chi connectivity index (χ1) is 25.6. The van der Waals surface area contributed by atoms with E-state index < -0.39 is 5.41 Å². The molecule has 3 aromatic rings. The highest BCUT2D eigenvalue weighted by molar-refractivity contribution is 5.93. The SMILES string of the molecule is CC(C)(C)c1ccc(C(C2=CC=CC2)(c2ccc(C(C)(C)C)cc2)C2(C)C3=C4Cc5ccccc5C4=C4C=CCCC4C3(C)C(C)(C)C(C)(C)C2(C)C)cc1. The van der Waals surface area contributed by atoms with Crippen LogP contribution >= 0.6 is 0 Å². The minimum absolute atomic E-state index is 0.0209. The molecule has 3 aromatic carbocycles. The van der Waals surface area contributed by atoms with E-state index in [1.54, 1.807) is 22.3 Å². The topological polar surface area (TPSA) is 0 Å². The van der Waals surface area contributed by atoms with Crippen molar-refractivity contribution >= 4 is 5.57 Å². The summed E-state index contributed by atoms with van der Waals surface area (Å²) in [7, 11) is 0. The Kier molecular flexibility index (Phi) is 8.30. The average molecular weight is 729 g/mol. The van der Waals surface area contributed by atoms with Gasteiger partial charge in [-0.2, -0.15) is 0 Å². The zero-order valence-electron chi connectivity index (χ0n) is 36.7. The lowest BCUT2D eigenvalue weighted by molar-refractivity contribution is -0.206. The molecule has 1 saturated carbocycles. The zero-order chi connectivity index (χ0) is 39.8. The van der Waals surface area contributed by atoms with E-state index in [1.165, 1.54) is 45.4 Å². The van der Waals surface area contributed by atoms with Crippen molar-refractivity contribution in [2.45, 2.75) is 139 Å². The molecule has 0 aliphatic heterocycles. The van der Waals surface area contributed by atoms with Gasteiger partial charge in [-0.25, -0.2) is 0 Å². The lowest BCUT2D eigenvalue weighted by Gasteiger charge is -2.78. The Balaban J connectivity index is 1.60. The molecule has 0 aromatic heterocycles. The van der Waals surface area contributed by atoms with Crippen molar-refractivity contribution in [2.24, 2.45) is 33.0 Å². The van der Waals surface area contributed by atoms with Crippen LogP contribution in [0.4, 0.5) is 0 Å². The van der Waals surface area contributed by atoms with Crippen LogP contribution in [0, 0.1) is 33.0 Å². The molecule has 0 N–H and O–H groups in total. The Labute approximate surface area is 335 Å². The molecule has 3 unspecified atom stereocenters. The number of hydrogen-bond donors (Lipinski definition) is 0. The third-order valence-corrected chi connectivity index (χ3v) is 17.6. The fourth-order valence-corrected chi connectivity index (χ4v) is 13.2. The van der Waals surface area contributed by atoms with E-state index in [9.17, 15) is 0 Å². The predicted octanol–water partition coefficient (Wildman–Crippen LogP) is 14.8. The van der Waals surface area contributed by atoms with Crippen LogP contribution in [0.5, 0.6) is 0 Å². The van der Waals surface area contributed by atoms with E-state index in [-0.39, 0.29) is 37.9 Å². The Morgan fingerprint density at radius 1 is 0.600 bits per heavy atom. The van der Waals surface area contributed by atoms with E-state index in [0.717, 1.165) is 19.3 Å². The summed E-state index contributed by atoms with van der Waals surface area (Å²) in [6.45, 7) is 35.6. The second kappa shape index (κ2) is 11.9. The molecule has 0 heteroatoms. The molecule has 3 atom stereocenters. The molecular formula is C55H68. The van der Waals surface area contributed by atoms with Gasteiger partial charge in [-0.05, 0) is 109 Å². The van der Waals surface area contributed by atoms with Crippen LogP contribution in [0.1, 0.15) is 150 Å². The summed E-state index contributed by atoms with van der Waals surface area (Å²) in [5.74, 6) is 0.432. The minimum atomic E-state index is -0.452. The van der Waals surface area contributed by atoms with Gasteiger partial charge < -0.3 is 0 Å². The maximum Gasteiger partial charge on any atom is 0.0513 e. The van der Waals surface area contributed by atoms with Gasteiger partial charge in [0.1, 0.15) is 0 Å². The van der Waals surface area contributed by atoms with Gasteiger partial charge >= 0.3 is 0 Å².